The highest BCUT2D eigenvalue weighted by Crippen LogP contribution is 2.37. The monoisotopic (exact) mass is 279 g/mol. The molecule has 1 atom stereocenters. The second kappa shape index (κ2) is 5.91. The molecule has 0 aliphatic heterocycles. The fraction of sp³-hybridized carbons (Fsp3) is 0.214. The normalized spacial score (nSPS) is 12.0. The molecule has 1 unspecified atom stereocenters. The number of nitrogens with zero attached hydrogens (tertiary/aromatic N) is 1. The van der Waals surface area contributed by atoms with Crippen molar-refractivity contribution in [3.05, 3.63) is 52.8 Å². The zero-order chi connectivity index (χ0) is 13.8. The molecule has 0 fully saturated rings. The van der Waals surface area contributed by atoms with Gasteiger partial charge >= 0.3 is 0 Å². The Balaban J connectivity index is 2.51. The summed E-state index contributed by atoms with van der Waals surface area (Å²) in [5, 5.41) is 10.8. The van der Waals surface area contributed by atoms with Crippen LogP contribution in [0.5, 0.6) is 11.5 Å². The molecule has 0 amide bonds. The molecule has 1 aromatic heterocycles. The number of rotatable bonds is 4. The minimum atomic E-state index is -0.897. The van der Waals surface area contributed by atoms with E-state index in [9.17, 15) is 5.11 Å². The number of aliphatic hydroxyl groups excluding tert-OH is 1. The Bertz CT molecular complexity index is 552. The Morgan fingerprint density at radius 1 is 1.16 bits per heavy atom. The van der Waals surface area contributed by atoms with Gasteiger partial charge in [0, 0.05) is 6.20 Å². The van der Waals surface area contributed by atoms with Crippen molar-refractivity contribution >= 4 is 11.6 Å². The number of aromatic nitrogens is 1. The van der Waals surface area contributed by atoms with E-state index in [1.54, 1.807) is 50.7 Å². The fourth-order valence-corrected chi connectivity index (χ4v) is 2.09. The summed E-state index contributed by atoms with van der Waals surface area (Å²) in [6.45, 7) is 0. The Labute approximate surface area is 116 Å². The summed E-state index contributed by atoms with van der Waals surface area (Å²) in [5.41, 5.74) is 1.19. The molecule has 0 bridgehead atoms. The summed E-state index contributed by atoms with van der Waals surface area (Å²) in [6, 6.07) is 8.64. The van der Waals surface area contributed by atoms with Crippen molar-refractivity contribution in [3.63, 3.8) is 0 Å². The van der Waals surface area contributed by atoms with Crippen molar-refractivity contribution in [2.45, 2.75) is 6.10 Å². The van der Waals surface area contributed by atoms with Crippen LogP contribution in [0.15, 0.2) is 36.5 Å². The summed E-state index contributed by atoms with van der Waals surface area (Å²) in [5.74, 6) is 1.11. The highest BCUT2D eigenvalue weighted by Gasteiger charge is 2.20. The lowest BCUT2D eigenvalue weighted by molar-refractivity contribution is 0.208. The summed E-state index contributed by atoms with van der Waals surface area (Å²) < 4.78 is 10.5. The second-order valence-corrected chi connectivity index (χ2v) is 4.28. The minimum Gasteiger partial charge on any atom is -0.496 e. The summed E-state index contributed by atoms with van der Waals surface area (Å²) in [7, 11) is 3.09. The van der Waals surface area contributed by atoms with Gasteiger partial charge in [-0.1, -0.05) is 17.7 Å². The average Bonchev–Trinajstić information content (AvgIpc) is 2.45. The molecule has 0 aliphatic rings. The molecule has 0 saturated carbocycles. The third-order valence-corrected chi connectivity index (χ3v) is 3.01. The third kappa shape index (κ3) is 2.80. The number of aliphatic hydroxyl groups is 1. The van der Waals surface area contributed by atoms with E-state index in [-0.39, 0.29) is 0 Å². The Morgan fingerprint density at radius 3 is 2.32 bits per heavy atom. The number of hydrogen-bond acceptors (Lipinski definition) is 4. The zero-order valence-electron chi connectivity index (χ0n) is 10.6. The van der Waals surface area contributed by atoms with Crippen LogP contribution in [0, 0.1) is 0 Å². The van der Waals surface area contributed by atoms with Gasteiger partial charge in [-0.25, -0.2) is 4.98 Å². The van der Waals surface area contributed by atoms with Gasteiger partial charge in [-0.3, -0.25) is 0 Å². The van der Waals surface area contributed by atoms with E-state index in [2.05, 4.69) is 4.98 Å². The molecular weight excluding hydrogens is 266 g/mol. The highest BCUT2D eigenvalue weighted by molar-refractivity contribution is 6.29. The van der Waals surface area contributed by atoms with E-state index in [1.165, 1.54) is 0 Å². The van der Waals surface area contributed by atoms with Crippen LogP contribution >= 0.6 is 11.6 Å². The number of pyridine rings is 1. The van der Waals surface area contributed by atoms with E-state index < -0.39 is 6.10 Å². The first-order valence-corrected chi connectivity index (χ1v) is 6.05. The van der Waals surface area contributed by atoms with Crippen LogP contribution in [-0.2, 0) is 0 Å². The predicted molar refractivity (Wildman–Crippen MR) is 72.9 cm³/mol. The smallest absolute Gasteiger partial charge is 0.129 e. The minimum absolute atomic E-state index is 0.324. The van der Waals surface area contributed by atoms with Gasteiger partial charge in [0.15, 0.2) is 0 Å². The van der Waals surface area contributed by atoms with Crippen LogP contribution in [0.3, 0.4) is 0 Å². The molecule has 0 aliphatic carbocycles. The van der Waals surface area contributed by atoms with Crippen LogP contribution < -0.4 is 9.47 Å². The highest BCUT2D eigenvalue weighted by atomic mass is 35.5. The SMILES string of the molecule is COc1cccc(OC)c1C(O)c1ccnc(Cl)c1. The van der Waals surface area contributed by atoms with Crippen molar-refractivity contribution < 1.29 is 14.6 Å². The maximum absolute atomic E-state index is 10.5. The Hall–Kier alpha value is -1.78. The van der Waals surface area contributed by atoms with Gasteiger partial charge in [0.2, 0.25) is 0 Å². The van der Waals surface area contributed by atoms with Gasteiger partial charge < -0.3 is 14.6 Å². The lowest BCUT2D eigenvalue weighted by Crippen LogP contribution is -2.05. The van der Waals surface area contributed by atoms with Gasteiger partial charge in [0.05, 0.1) is 19.8 Å². The topological polar surface area (TPSA) is 51.6 Å². The lowest BCUT2D eigenvalue weighted by atomic mass is 10.0. The van der Waals surface area contributed by atoms with Crippen molar-refractivity contribution in [1.82, 2.24) is 4.98 Å². The van der Waals surface area contributed by atoms with Crippen LogP contribution in [0.25, 0.3) is 0 Å². The van der Waals surface area contributed by atoms with E-state index in [0.717, 1.165) is 0 Å². The number of ether oxygens (including phenoxy) is 2. The molecule has 0 saturated heterocycles. The number of methoxy groups -OCH3 is 2. The van der Waals surface area contributed by atoms with Crippen LogP contribution in [0.2, 0.25) is 5.15 Å². The van der Waals surface area contributed by atoms with Gasteiger partial charge in [0.25, 0.3) is 0 Å². The Morgan fingerprint density at radius 2 is 1.79 bits per heavy atom. The van der Waals surface area contributed by atoms with E-state index in [4.69, 9.17) is 21.1 Å². The lowest BCUT2D eigenvalue weighted by Gasteiger charge is -2.18. The maximum Gasteiger partial charge on any atom is 0.129 e. The first-order valence-electron chi connectivity index (χ1n) is 5.67. The molecule has 100 valence electrons. The van der Waals surface area contributed by atoms with Gasteiger partial charge in [-0.2, -0.15) is 0 Å². The second-order valence-electron chi connectivity index (χ2n) is 3.89. The van der Waals surface area contributed by atoms with Crippen molar-refractivity contribution in [2.75, 3.05) is 14.2 Å². The van der Waals surface area contributed by atoms with Crippen molar-refractivity contribution in [2.24, 2.45) is 0 Å². The first kappa shape index (κ1) is 13.6. The van der Waals surface area contributed by atoms with Gasteiger partial charge in [-0.15, -0.1) is 0 Å². The quantitative estimate of drug-likeness (QED) is 0.875. The predicted octanol–water partition coefficient (Wildman–Crippen LogP) is 2.83. The van der Waals surface area contributed by atoms with E-state index >= 15 is 0 Å². The molecule has 4 nitrogen and oxygen atoms in total. The molecule has 1 N–H and O–H groups in total. The maximum atomic E-state index is 10.5. The van der Waals surface area contributed by atoms with E-state index in [0.29, 0.717) is 27.8 Å². The molecule has 1 heterocycles. The zero-order valence-corrected chi connectivity index (χ0v) is 11.4. The van der Waals surface area contributed by atoms with Crippen LogP contribution in [-0.4, -0.2) is 24.3 Å². The van der Waals surface area contributed by atoms with Crippen molar-refractivity contribution in [3.8, 4) is 11.5 Å². The standard InChI is InChI=1S/C14H14ClNO3/c1-18-10-4-3-5-11(19-2)13(10)14(17)9-6-7-16-12(15)8-9/h3-8,14,17H,1-2H3. The molecule has 5 heteroatoms. The van der Waals surface area contributed by atoms with Crippen LogP contribution in [0.1, 0.15) is 17.2 Å². The fourth-order valence-electron chi connectivity index (χ4n) is 1.90. The van der Waals surface area contributed by atoms with Crippen LogP contribution in [0.4, 0.5) is 0 Å². The van der Waals surface area contributed by atoms with E-state index in [1.807, 2.05) is 0 Å². The van der Waals surface area contributed by atoms with Crippen molar-refractivity contribution in [1.29, 1.82) is 0 Å². The van der Waals surface area contributed by atoms with Gasteiger partial charge in [-0.05, 0) is 29.8 Å². The summed E-state index contributed by atoms with van der Waals surface area (Å²) >= 11 is 5.84. The summed E-state index contributed by atoms with van der Waals surface area (Å²) in [4.78, 5) is 3.89. The molecule has 2 aromatic rings. The third-order valence-electron chi connectivity index (χ3n) is 2.81. The molecule has 19 heavy (non-hydrogen) atoms. The number of hydrogen-bond donors (Lipinski definition) is 1. The average molecular weight is 280 g/mol. The molecular formula is C14H14ClNO3. The number of halogens is 1. The largest absolute Gasteiger partial charge is 0.496 e. The Kier molecular flexibility index (Phi) is 4.24. The molecule has 2 rings (SSSR count). The molecule has 0 spiro atoms. The molecule has 1 aromatic carbocycles. The number of benzene rings is 1. The summed E-state index contributed by atoms with van der Waals surface area (Å²) in [6.07, 6.45) is 0.648. The molecule has 0 radical (unpaired) electrons. The first-order chi connectivity index (χ1) is 9.17. The van der Waals surface area contributed by atoms with Gasteiger partial charge in [0.1, 0.15) is 22.8 Å².